The van der Waals surface area contributed by atoms with Crippen LogP contribution in [0.25, 0.3) is 0 Å². The first-order valence-corrected chi connectivity index (χ1v) is 9.20. The van der Waals surface area contributed by atoms with Crippen molar-refractivity contribution < 1.29 is 44.8 Å². The third-order valence-corrected chi connectivity index (χ3v) is 4.24. The lowest BCUT2D eigenvalue weighted by Gasteiger charge is -2.21. The summed E-state index contributed by atoms with van der Waals surface area (Å²) in [5.74, 6) is -2.07. The second-order valence-electron chi connectivity index (χ2n) is 5.07. The van der Waals surface area contributed by atoms with Crippen LogP contribution >= 0.6 is 0 Å². The molecule has 11 heteroatoms. The SMILES string of the molecule is CCOC(=O)CCC1=C(C(=O)OCC)CCC=C1OS(=O)(=O)C(F)(F)F. The maximum Gasteiger partial charge on any atom is 0.534 e. The topological polar surface area (TPSA) is 96.0 Å². The lowest BCUT2D eigenvalue weighted by molar-refractivity contribution is -0.143. The van der Waals surface area contributed by atoms with Crippen LogP contribution in [-0.2, 0) is 33.4 Å². The molecule has 0 atom stereocenters. The Labute approximate surface area is 148 Å². The van der Waals surface area contributed by atoms with Crippen molar-refractivity contribution in [1.29, 1.82) is 0 Å². The number of ether oxygens (including phenoxy) is 2. The van der Waals surface area contributed by atoms with Crippen LogP contribution in [0.1, 0.15) is 39.5 Å². The fraction of sp³-hybridized carbons (Fsp3) is 0.600. The molecule has 26 heavy (non-hydrogen) atoms. The zero-order valence-corrected chi connectivity index (χ0v) is 15.0. The first-order valence-electron chi connectivity index (χ1n) is 7.79. The van der Waals surface area contributed by atoms with E-state index in [4.69, 9.17) is 9.47 Å². The van der Waals surface area contributed by atoms with Crippen molar-refractivity contribution in [2.24, 2.45) is 0 Å². The van der Waals surface area contributed by atoms with E-state index in [0.29, 0.717) is 0 Å². The van der Waals surface area contributed by atoms with Gasteiger partial charge in [0.2, 0.25) is 0 Å². The van der Waals surface area contributed by atoms with Gasteiger partial charge in [0.1, 0.15) is 5.76 Å². The molecule has 0 saturated carbocycles. The molecule has 0 spiro atoms. The number of carbonyl (C=O) groups excluding carboxylic acids is 2. The standard InChI is InChI=1S/C15H19F3O7S/c1-3-23-13(19)9-8-10-11(14(20)24-4-2)6-5-7-12(10)25-26(21,22)15(16,17)18/h7H,3-6,8-9H2,1-2H3. The molecule has 0 amide bonds. The Morgan fingerprint density at radius 1 is 1.15 bits per heavy atom. The van der Waals surface area contributed by atoms with Crippen molar-refractivity contribution in [2.45, 2.75) is 45.0 Å². The van der Waals surface area contributed by atoms with Gasteiger partial charge in [0.15, 0.2) is 0 Å². The van der Waals surface area contributed by atoms with Gasteiger partial charge >= 0.3 is 27.6 Å². The van der Waals surface area contributed by atoms with Crippen LogP contribution in [0, 0.1) is 0 Å². The summed E-state index contributed by atoms with van der Waals surface area (Å²) in [6.45, 7) is 3.24. The summed E-state index contributed by atoms with van der Waals surface area (Å²) in [5, 5.41) is 0. The second kappa shape index (κ2) is 9.06. The van der Waals surface area contributed by atoms with Gasteiger partial charge in [0, 0.05) is 17.6 Å². The Morgan fingerprint density at radius 3 is 2.31 bits per heavy atom. The van der Waals surface area contributed by atoms with E-state index in [2.05, 4.69) is 4.18 Å². The highest BCUT2D eigenvalue weighted by molar-refractivity contribution is 7.87. The van der Waals surface area contributed by atoms with E-state index in [1.54, 1.807) is 13.8 Å². The van der Waals surface area contributed by atoms with Crippen LogP contribution in [0.3, 0.4) is 0 Å². The normalized spacial score (nSPS) is 15.3. The minimum absolute atomic E-state index is 0.0221. The van der Waals surface area contributed by atoms with E-state index < -0.39 is 33.3 Å². The van der Waals surface area contributed by atoms with Crippen molar-refractivity contribution in [1.82, 2.24) is 0 Å². The molecule has 148 valence electrons. The highest BCUT2D eigenvalue weighted by Crippen LogP contribution is 2.35. The quantitative estimate of drug-likeness (QED) is 0.351. The average Bonchev–Trinajstić information content (AvgIpc) is 2.52. The van der Waals surface area contributed by atoms with Crippen LogP contribution in [0.2, 0.25) is 0 Å². The van der Waals surface area contributed by atoms with Gasteiger partial charge in [-0.1, -0.05) is 0 Å². The summed E-state index contributed by atoms with van der Waals surface area (Å²) in [6.07, 6.45) is 0.840. The molecule has 0 aliphatic heterocycles. The summed E-state index contributed by atoms with van der Waals surface area (Å²) >= 11 is 0. The zero-order chi connectivity index (χ0) is 20.0. The molecule has 0 fully saturated rings. The molecule has 0 aromatic heterocycles. The van der Waals surface area contributed by atoms with Gasteiger partial charge in [-0.2, -0.15) is 21.6 Å². The lowest BCUT2D eigenvalue weighted by atomic mass is 9.93. The minimum atomic E-state index is -5.91. The van der Waals surface area contributed by atoms with Crippen LogP contribution in [-0.4, -0.2) is 39.1 Å². The number of carbonyl (C=O) groups is 2. The number of hydrogen-bond acceptors (Lipinski definition) is 7. The molecular weight excluding hydrogens is 381 g/mol. The third-order valence-electron chi connectivity index (χ3n) is 3.28. The van der Waals surface area contributed by atoms with Crippen molar-refractivity contribution in [3.05, 3.63) is 23.0 Å². The van der Waals surface area contributed by atoms with Gasteiger partial charge in [-0.15, -0.1) is 0 Å². The van der Waals surface area contributed by atoms with Gasteiger partial charge in [-0.25, -0.2) is 4.79 Å². The first-order chi connectivity index (χ1) is 12.0. The Bertz CT molecular complexity index is 705. The van der Waals surface area contributed by atoms with Gasteiger partial charge < -0.3 is 13.7 Å². The van der Waals surface area contributed by atoms with E-state index in [1.807, 2.05) is 0 Å². The maximum absolute atomic E-state index is 12.6. The summed E-state index contributed by atoms with van der Waals surface area (Å²) in [7, 11) is -5.91. The molecule has 7 nitrogen and oxygen atoms in total. The predicted molar refractivity (Wildman–Crippen MR) is 82.9 cm³/mol. The summed E-state index contributed by atoms with van der Waals surface area (Å²) < 4.78 is 74.1. The van der Waals surface area contributed by atoms with Crippen LogP contribution in [0.4, 0.5) is 13.2 Å². The molecule has 1 aliphatic carbocycles. The largest absolute Gasteiger partial charge is 0.534 e. The van der Waals surface area contributed by atoms with Crippen LogP contribution in [0.5, 0.6) is 0 Å². The van der Waals surface area contributed by atoms with Gasteiger partial charge in [-0.3, -0.25) is 4.79 Å². The molecule has 0 aromatic carbocycles. The molecule has 0 heterocycles. The molecule has 1 rings (SSSR count). The Kier molecular flexibility index (Phi) is 7.67. The molecule has 0 aromatic rings. The minimum Gasteiger partial charge on any atom is -0.466 e. The molecule has 0 unspecified atom stereocenters. The number of hydrogen-bond donors (Lipinski definition) is 0. The smallest absolute Gasteiger partial charge is 0.466 e. The highest BCUT2D eigenvalue weighted by Gasteiger charge is 2.49. The van der Waals surface area contributed by atoms with Gasteiger partial charge in [0.05, 0.1) is 13.2 Å². The van der Waals surface area contributed by atoms with Crippen LogP contribution in [0.15, 0.2) is 23.0 Å². The molecule has 0 bridgehead atoms. The third kappa shape index (κ3) is 5.75. The molecular formula is C15H19F3O7S. The number of allylic oxidation sites excluding steroid dienone is 2. The number of esters is 2. The first kappa shape index (κ1) is 22.0. The number of halogens is 3. The van der Waals surface area contributed by atoms with E-state index >= 15 is 0 Å². The fourth-order valence-electron chi connectivity index (χ4n) is 2.20. The van der Waals surface area contributed by atoms with Crippen molar-refractivity contribution in [3.63, 3.8) is 0 Å². The molecule has 0 saturated heterocycles. The zero-order valence-electron chi connectivity index (χ0n) is 14.2. The van der Waals surface area contributed by atoms with Crippen molar-refractivity contribution >= 4 is 22.1 Å². The highest BCUT2D eigenvalue weighted by atomic mass is 32.2. The number of alkyl halides is 3. The number of rotatable bonds is 8. The average molecular weight is 400 g/mol. The summed E-state index contributed by atoms with van der Waals surface area (Å²) in [6, 6.07) is 0. The Balaban J connectivity index is 3.18. The Morgan fingerprint density at radius 2 is 1.77 bits per heavy atom. The maximum atomic E-state index is 12.6. The van der Waals surface area contributed by atoms with Crippen molar-refractivity contribution in [2.75, 3.05) is 13.2 Å². The second-order valence-corrected chi connectivity index (χ2v) is 6.61. The predicted octanol–water partition coefficient (Wildman–Crippen LogP) is 2.73. The molecule has 1 aliphatic rings. The van der Waals surface area contributed by atoms with E-state index in [9.17, 15) is 31.2 Å². The van der Waals surface area contributed by atoms with Gasteiger partial charge in [-0.05, 0) is 39.2 Å². The van der Waals surface area contributed by atoms with E-state index in [-0.39, 0.29) is 50.0 Å². The van der Waals surface area contributed by atoms with Gasteiger partial charge in [0.25, 0.3) is 0 Å². The van der Waals surface area contributed by atoms with Crippen molar-refractivity contribution in [3.8, 4) is 0 Å². The lowest BCUT2D eigenvalue weighted by Crippen LogP contribution is -2.27. The fourth-order valence-corrected chi connectivity index (χ4v) is 2.70. The molecule has 0 N–H and O–H groups in total. The molecule has 0 radical (unpaired) electrons. The van der Waals surface area contributed by atoms with E-state index in [1.165, 1.54) is 0 Å². The van der Waals surface area contributed by atoms with E-state index in [0.717, 1.165) is 6.08 Å². The Hall–Kier alpha value is -2.04. The monoisotopic (exact) mass is 400 g/mol. The summed E-state index contributed by atoms with van der Waals surface area (Å²) in [5.41, 5.74) is -5.76. The van der Waals surface area contributed by atoms with Crippen LogP contribution < -0.4 is 0 Å². The summed E-state index contributed by atoms with van der Waals surface area (Å²) in [4.78, 5) is 23.6.